The molecule has 0 saturated heterocycles. The van der Waals surface area contributed by atoms with Crippen molar-refractivity contribution in [3.8, 4) is 0 Å². The maximum Gasteiger partial charge on any atom is 0.338 e. The Morgan fingerprint density at radius 2 is 1.83 bits per heavy atom. The van der Waals surface area contributed by atoms with Gasteiger partial charge in [-0.2, -0.15) is 0 Å². The third-order valence-corrected chi connectivity index (χ3v) is 6.18. The van der Waals surface area contributed by atoms with Crippen LogP contribution in [0.4, 0.5) is 0 Å². The molecule has 2 aromatic rings. The highest BCUT2D eigenvalue weighted by molar-refractivity contribution is 5.92. The van der Waals surface area contributed by atoms with E-state index in [2.05, 4.69) is 69.3 Å². The summed E-state index contributed by atoms with van der Waals surface area (Å²) in [7, 11) is 1.69. The molecule has 0 aromatic heterocycles. The summed E-state index contributed by atoms with van der Waals surface area (Å²) in [5, 5.41) is 0. The standard InChI is InChI=1S/C27H34O3/c1-5-16-27(17-15-21-12-8-7-9-13-21)19-24(29-4)25(26(28)30-27)23(6-2)22-14-10-11-20(3)18-22/h7-14,18,23H,5-6,15-17,19H2,1-4H3. The molecule has 2 atom stereocenters. The normalized spacial score (nSPS) is 20.1. The first kappa shape index (κ1) is 22.1. The third kappa shape index (κ3) is 4.95. The van der Waals surface area contributed by atoms with Crippen molar-refractivity contribution in [1.29, 1.82) is 0 Å². The van der Waals surface area contributed by atoms with Gasteiger partial charge < -0.3 is 9.47 Å². The van der Waals surface area contributed by atoms with Crippen LogP contribution in [0.5, 0.6) is 0 Å². The SMILES string of the molecule is CCCC1(CCc2ccccc2)CC(OC)=C(C(CC)c2cccc(C)c2)C(=O)O1. The van der Waals surface area contributed by atoms with E-state index in [-0.39, 0.29) is 11.9 Å². The van der Waals surface area contributed by atoms with Gasteiger partial charge in [-0.15, -0.1) is 0 Å². The third-order valence-electron chi connectivity index (χ3n) is 6.18. The number of hydrogen-bond donors (Lipinski definition) is 0. The molecule has 0 saturated carbocycles. The molecular formula is C27H34O3. The molecule has 30 heavy (non-hydrogen) atoms. The molecule has 2 unspecified atom stereocenters. The van der Waals surface area contributed by atoms with Gasteiger partial charge in [0.25, 0.3) is 0 Å². The quantitative estimate of drug-likeness (QED) is 0.445. The van der Waals surface area contributed by atoms with Crippen molar-refractivity contribution >= 4 is 5.97 Å². The molecule has 0 fully saturated rings. The number of hydrogen-bond acceptors (Lipinski definition) is 3. The molecule has 0 amide bonds. The van der Waals surface area contributed by atoms with Gasteiger partial charge in [-0.1, -0.05) is 80.4 Å². The van der Waals surface area contributed by atoms with E-state index in [4.69, 9.17) is 9.47 Å². The molecular weight excluding hydrogens is 372 g/mol. The number of rotatable bonds is 9. The van der Waals surface area contributed by atoms with Crippen molar-refractivity contribution in [3.63, 3.8) is 0 Å². The van der Waals surface area contributed by atoms with Crippen LogP contribution in [0.15, 0.2) is 65.9 Å². The Labute approximate surface area is 181 Å². The predicted octanol–water partition coefficient (Wildman–Crippen LogP) is 6.51. The topological polar surface area (TPSA) is 35.5 Å². The van der Waals surface area contributed by atoms with Gasteiger partial charge in [-0.3, -0.25) is 0 Å². The van der Waals surface area contributed by atoms with Crippen LogP contribution in [-0.2, 0) is 20.7 Å². The van der Waals surface area contributed by atoms with Crippen molar-refractivity contribution in [1.82, 2.24) is 0 Å². The number of carbonyl (C=O) groups is 1. The van der Waals surface area contributed by atoms with Crippen LogP contribution in [0, 0.1) is 6.92 Å². The summed E-state index contributed by atoms with van der Waals surface area (Å²) in [5.41, 5.74) is 3.80. The Hall–Kier alpha value is -2.55. The lowest BCUT2D eigenvalue weighted by Gasteiger charge is -2.39. The van der Waals surface area contributed by atoms with Crippen LogP contribution >= 0.6 is 0 Å². The summed E-state index contributed by atoms with van der Waals surface area (Å²) in [6.45, 7) is 6.34. The predicted molar refractivity (Wildman–Crippen MR) is 121 cm³/mol. The van der Waals surface area contributed by atoms with E-state index in [0.29, 0.717) is 12.0 Å². The lowest BCUT2D eigenvalue weighted by molar-refractivity contribution is -0.161. The summed E-state index contributed by atoms with van der Waals surface area (Å²) in [5.74, 6) is 0.565. The van der Waals surface area contributed by atoms with E-state index in [1.54, 1.807) is 7.11 Å². The van der Waals surface area contributed by atoms with Gasteiger partial charge in [0.05, 0.1) is 12.7 Å². The van der Waals surface area contributed by atoms with E-state index in [1.807, 2.05) is 6.07 Å². The van der Waals surface area contributed by atoms with Crippen molar-refractivity contribution < 1.29 is 14.3 Å². The van der Waals surface area contributed by atoms with Gasteiger partial charge in [-0.05, 0) is 43.7 Å². The Kier molecular flexibility index (Phi) is 7.36. The number of cyclic esters (lactones) is 1. The molecule has 0 aliphatic carbocycles. The van der Waals surface area contributed by atoms with Gasteiger partial charge >= 0.3 is 5.97 Å². The van der Waals surface area contributed by atoms with Gasteiger partial charge in [0.15, 0.2) is 0 Å². The van der Waals surface area contributed by atoms with Crippen LogP contribution in [0.2, 0.25) is 0 Å². The minimum absolute atomic E-state index is 0.0129. The summed E-state index contributed by atoms with van der Waals surface area (Å²) in [6, 6.07) is 18.8. The molecule has 0 bridgehead atoms. The summed E-state index contributed by atoms with van der Waals surface area (Å²) in [6.07, 6.45) is 4.96. The molecule has 1 aliphatic rings. The minimum Gasteiger partial charge on any atom is -0.500 e. The highest BCUT2D eigenvalue weighted by Crippen LogP contribution is 2.42. The average Bonchev–Trinajstić information content (AvgIpc) is 2.75. The molecule has 0 spiro atoms. The fourth-order valence-corrected chi connectivity index (χ4v) is 4.68. The Morgan fingerprint density at radius 1 is 1.07 bits per heavy atom. The smallest absolute Gasteiger partial charge is 0.338 e. The summed E-state index contributed by atoms with van der Waals surface area (Å²) >= 11 is 0. The molecule has 1 aliphatic heterocycles. The monoisotopic (exact) mass is 406 g/mol. The largest absolute Gasteiger partial charge is 0.500 e. The van der Waals surface area contributed by atoms with E-state index in [0.717, 1.165) is 43.4 Å². The number of ether oxygens (including phenoxy) is 2. The highest BCUT2D eigenvalue weighted by atomic mass is 16.6. The zero-order valence-electron chi connectivity index (χ0n) is 18.7. The summed E-state index contributed by atoms with van der Waals surface area (Å²) in [4.78, 5) is 13.4. The Morgan fingerprint density at radius 3 is 2.47 bits per heavy atom. The van der Waals surface area contributed by atoms with E-state index >= 15 is 0 Å². The second-order valence-corrected chi connectivity index (χ2v) is 8.40. The van der Waals surface area contributed by atoms with E-state index < -0.39 is 5.60 Å². The molecule has 2 aromatic carbocycles. The van der Waals surface area contributed by atoms with Crippen molar-refractivity contribution in [3.05, 3.63) is 82.6 Å². The molecule has 3 heteroatoms. The van der Waals surface area contributed by atoms with Crippen molar-refractivity contribution in [2.24, 2.45) is 0 Å². The highest BCUT2D eigenvalue weighted by Gasteiger charge is 2.43. The van der Waals surface area contributed by atoms with Crippen LogP contribution in [0.3, 0.4) is 0 Å². The first-order valence-electron chi connectivity index (χ1n) is 11.1. The van der Waals surface area contributed by atoms with Crippen LogP contribution in [0.1, 0.15) is 68.6 Å². The fourth-order valence-electron chi connectivity index (χ4n) is 4.68. The van der Waals surface area contributed by atoms with Crippen molar-refractivity contribution in [2.45, 2.75) is 70.8 Å². The molecule has 3 rings (SSSR count). The second-order valence-electron chi connectivity index (χ2n) is 8.40. The lowest BCUT2D eigenvalue weighted by Crippen LogP contribution is -2.42. The zero-order valence-corrected chi connectivity index (χ0v) is 18.7. The first-order chi connectivity index (χ1) is 14.5. The van der Waals surface area contributed by atoms with Crippen LogP contribution in [-0.4, -0.2) is 18.7 Å². The molecule has 0 N–H and O–H groups in total. The van der Waals surface area contributed by atoms with E-state index in [9.17, 15) is 4.79 Å². The number of benzene rings is 2. The second kappa shape index (κ2) is 9.97. The Balaban J connectivity index is 1.92. The van der Waals surface area contributed by atoms with Crippen molar-refractivity contribution in [2.75, 3.05) is 7.11 Å². The maximum atomic E-state index is 13.4. The van der Waals surface area contributed by atoms with Gasteiger partial charge in [0, 0.05) is 12.3 Å². The van der Waals surface area contributed by atoms with Crippen LogP contribution in [0.25, 0.3) is 0 Å². The molecule has 1 heterocycles. The zero-order chi connectivity index (χ0) is 21.6. The molecule has 160 valence electrons. The van der Waals surface area contributed by atoms with Gasteiger partial charge in [0.1, 0.15) is 11.4 Å². The fraction of sp³-hybridized carbons (Fsp3) is 0.444. The number of esters is 1. The van der Waals surface area contributed by atoms with Gasteiger partial charge in [0.2, 0.25) is 0 Å². The van der Waals surface area contributed by atoms with Crippen LogP contribution < -0.4 is 0 Å². The van der Waals surface area contributed by atoms with Gasteiger partial charge in [-0.25, -0.2) is 4.79 Å². The summed E-state index contributed by atoms with van der Waals surface area (Å²) < 4.78 is 12.1. The minimum atomic E-state index is -0.499. The average molecular weight is 407 g/mol. The number of methoxy groups -OCH3 is 1. The first-order valence-corrected chi connectivity index (χ1v) is 11.1. The molecule has 0 radical (unpaired) electrons. The number of carbonyl (C=O) groups excluding carboxylic acids is 1. The van der Waals surface area contributed by atoms with E-state index in [1.165, 1.54) is 11.1 Å². The lowest BCUT2D eigenvalue weighted by atomic mass is 9.79. The molecule has 3 nitrogen and oxygen atoms in total. The Bertz CT molecular complexity index is 884. The maximum absolute atomic E-state index is 13.4. The number of aryl methyl sites for hydroxylation is 2.